The minimum Gasteiger partial charge on any atom is -0.359 e. The Morgan fingerprint density at radius 2 is 1.77 bits per heavy atom. The molecule has 2 N–H and O–H groups in total. The Morgan fingerprint density at radius 1 is 1.10 bits per heavy atom. The number of nitrogens with one attached hydrogen (secondary N) is 2. The van der Waals surface area contributed by atoms with Crippen LogP contribution in [0.25, 0.3) is 0 Å². The number of halogens is 1. The van der Waals surface area contributed by atoms with Crippen molar-refractivity contribution in [1.82, 2.24) is 14.9 Å². The van der Waals surface area contributed by atoms with Gasteiger partial charge in [0.2, 0.25) is 10.0 Å². The molecule has 1 saturated heterocycles. The highest BCUT2D eigenvalue weighted by atomic mass is 35.5. The van der Waals surface area contributed by atoms with E-state index in [1.807, 2.05) is 6.92 Å². The molecular formula is C20H22ClN3O5S. The van der Waals surface area contributed by atoms with E-state index in [1.54, 1.807) is 36.4 Å². The minimum absolute atomic E-state index is 0.0970. The topological polar surface area (TPSA) is 105 Å². The van der Waals surface area contributed by atoms with Gasteiger partial charge in [-0.25, -0.2) is 8.42 Å². The quantitative estimate of drug-likeness (QED) is 0.646. The average Bonchev–Trinajstić information content (AvgIpc) is 3.21. The van der Waals surface area contributed by atoms with Crippen LogP contribution in [0.1, 0.15) is 11.1 Å². The Balaban J connectivity index is 1.56. The molecule has 2 amide bonds. The van der Waals surface area contributed by atoms with Gasteiger partial charge in [0.15, 0.2) is 0 Å². The molecule has 0 radical (unpaired) electrons. The fraction of sp³-hybridized carbons (Fsp3) is 0.300. The van der Waals surface area contributed by atoms with E-state index in [-0.39, 0.29) is 31.1 Å². The van der Waals surface area contributed by atoms with Crippen LogP contribution in [0.5, 0.6) is 0 Å². The number of sulfonamides is 1. The van der Waals surface area contributed by atoms with Crippen molar-refractivity contribution < 1.29 is 22.7 Å². The van der Waals surface area contributed by atoms with Crippen LogP contribution in [0, 0.1) is 6.92 Å². The lowest BCUT2D eigenvalue weighted by Crippen LogP contribution is -2.47. The van der Waals surface area contributed by atoms with Gasteiger partial charge in [-0.2, -0.15) is 4.31 Å². The van der Waals surface area contributed by atoms with Gasteiger partial charge in [0.25, 0.3) is 0 Å². The Kier molecular flexibility index (Phi) is 7.09. The van der Waals surface area contributed by atoms with Crippen LogP contribution < -0.4 is 10.6 Å². The molecule has 0 unspecified atom stereocenters. The van der Waals surface area contributed by atoms with Crippen molar-refractivity contribution in [3.8, 4) is 0 Å². The van der Waals surface area contributed by atoms with Crippen LogP contribution >= 0.6 is 11.6 Å². The molecule has 30 heavy (non-hydrogen) atoms. The van der Waals surface area contributed by atoms with E-state index in [2.05, 4.69) is 10.6 Å². The van der Waals surface area contributed by atoms with Gasteiger partial charge in [0.05, 0.1) is 18.0 Å². The first-order chi connectivity index (χ1) is 14.3. The van der Waals surface area contributed by atoms with Crippen molar-refractivity contribution in [2.75, 3.05) is 19.7 Å². The third-order valence-corrected chi connectivity index (χ3v) is 6.88. The SMILES string of the molecule is Cc1ccc(S(=O)(=O)N2CCO[C@H]2CNC(=O)C(=O)NCc2ccccc2Cl)cc1. The molecule has 1 aliphatic heterocycles. The number of carbonyl (C=O) groups is 2. The maximum atomic E-state index is 12.9. The Morgan fingerprint density at radius 3 is 2.47 bits per heavy atom. The lowest BCUT2D eigenvalue weighted by atomic mass is 10.2. The largest absolute Gasteiger partial charge is 0.359 e. The second kappa shape index (κ2) is 9.57. The van der Waals surface area contributed by atoms with Gasteiger partial charge in [0.1, 0.15) is 6.23 Å². The second-order valence-electron chi connectivity index (χ2n) is 6.74. The van der Waals surface area contributed by atoms with Crippen molar-refractivity contribution in [1.29, 1.82) is 0 Å². The third kappa shape index (κ3) is 5.17. The number of hydrogen-bond acceptors (Lipinski definition) is 5. The van der Waals surface area contributed by atoms with Crippen LogP contribution in [0.15, 0.2) is 53.4 Å². The fourth-order valence-electron chi connectivity index (χ4n) is 2.95. The molecule has 0 aliphatic carbocycles. The first kappa shape index (κ1) is 22.2. The van der Waals surface area contributed by atoms with E-state index < -0.39 is 28.1 Å². The Hall–Kier alpha value is -2.46. The van der Waals surface area contributed by atoms with Gasteiger partial charge in [-0.3, -0.25) is 9.59 Å². The molecule has 1 aliphatic rings. The van der Waals surface area contributed by atoms with Crippen molar-refractivity contribution >= 4 is 33.4 Å². The van der Waals surface area contributed by atoms with Crippen LogP contribution in [0.3, 0.4) is 0 Å². The fourth-order valence-corrected chi connectivity index (χ4v) is 4.66. The third-order valence-electron chi connectivity index (χ3n) is 4.61. The summed E-state index contributed by atoms with van der Waals surface area (Å²) in [6.45, 7) is 2.17. The second-order valence-corrected chi connectivity index (χ2v) is 9.04. The van der Waals surface area contributed by atoms with E-state index >= 15 is 0 Å². The van der Waals surface area contributed by atoms with Crippen molar-refractivity contribution in [3.63, 3.8) is 0 Å². The molecule has 160 valence electrons. The van der Waals surface area contributed by atoms with Gasteiger partial charge < -0.3 is 15.4 Å². The first-order valence-corrected chi connectivity index (χ1v) is 11.1. The van der Waals surface area contributed by atoms with Gasteiger partial charge >= 0.3 is 11.8 Å². The predicted molar refractivity (Wildman–Crippen MR) is 111 cm³/mol. The molecule has 10 heteroatoms. The van der Waals surface area contributed by atoms with E-state index in [0.29, 0.717) is 10.6 Å². The summed E-state index contributed by atoms with van der Waals surface area (Å²) in [5.41, 5.74) is 1.62. The smallest absolute Gasteiger partial charge is 0.309 e. The number of ether oxygens (including phenoxy) is 1. The number of hydrogen-bond donors (Lipinski definition) is 2. The molecule has 2 aromatic rings. The van der Waals surface area contributed by atoms with Gasteiger partial charge in [-0.1, -0.05) is 47.5 Å². The van der Waals surface area contributed by atoms with Crippen LogP contribution in [0.2, 0.25) is 5.02 Å². The molecule has 1 fully saturated rings. The maximum absolute atomic E-state index is 12.9. The molecule has 0 aromatic heterocycles. The number of nitrogens with zero attached hydrogens (tertiary/aromatic N) is 1. The van der Waals surface area contributed by atoms with Crippen molar-refractivity contribution in [2.45, 2.75) is 24.6 Å². The van der Waals surface area contributed by atoms with E-state index in [9.17, 15) is 18.0 Å². The molecule has 0 saturated carbocycles. The lowest BCUT2D eigenvalue weighted by molar-refractivity contribution is -0.139. The standard InChI is InChI=1S/C20H22ClN3O5S/c1-14-6-8-16(9-7-14)30(27,28)24-10-11-29-18(24)13-23-20(26)19(25)22-12-15-4-2-3-5-17(15)21/h2-9,18H,10-13H2,1H3,(H,22,25)(H,23,26)/t18-/m0/s1. The summed E-state index contributed by atoms with van der Waals surface area (Å²) in [6, 6.07) is 13.4. The molecule has 1 atom stereocenters. The number of carbonyl (C=O) groups excluding carboxylic acids is 2. The van der Waals surface area contributed by atoms with Crippen LogP contribution in [-0.2, 0) is 30.9 Å². The molecule has 8 nitrogen and oxygen atoms in total. The normalized spacial score (nSPS) is 16.9. The zero-order valence-electron chi connectivity index (χ0n) is 16.3. The summed E-state index contributed by atoms with van der Waals surface area (Å²) in [6.07, 6.45) is -0.892. The molecule has 2 aromatic carbocycles. The molecule has 0 bridgehead atoms. The highest BCUT2D eigenvalue weighted by molar-refractivity contribution is 7.89. The average molecular weight is 452 g/mol. The molecular weight excluding hydrogens is 430 g/mol. The Labute approximate surface area is 180 Å². The van der Waals surface area contributed by atoms with E-state index in [0.717, 1.165) is 5.56 Å². The highest BCUT2D eigenvalue weighted by Crippen LogP contribution is 2.22. The number of amides is 2. The van der Waals surface area contributed by atoms with E-state index in [4.69, 9.17) is 16.3 Å². The maximum Gasteiger partial charge on any atom is 0.309 e. The first-order valence-electron chi connectivity index (χ1n) is 9.28. The zero-order chi connectivity index (χ0) is 21.7. The predicted octanol–water partition coefficient (Wildman–Crippen LogP) is 1.43. The highest BCUT2D eigenvalue weighted by Gasteiger charge is 2.36. The minimum atomic E-state index is -3.78. The van der Waals surface area contributed by atoms with Crippen LogP contribution in [-0.4, -0.2) is 50.5 Å². The van der Waals surface area contributed by atoms with Crippen molar-refractivity contribution in [2.24, 2.45) is 0 Å². The summed E-state index contributed by atoms with van der Waals surface area (Å²) in [7, 11) is -3.78. The zero-order valence-corrected chi connectivity index (χ0v) is 17.9. The molecule has 3 rings (SSSR count). The van der Waals surface area contributed by atoms with E-state index in [1.165, 1.54) is 16.4 Å². The van der Waals surface area contributed by atoms with Crippen molar-refractivity contribution in [3.05, 3.63) is 64.7 Å². The van der Waals surface area contributed by atoms with Gasteiger partial charge in [-0.05, 0) is 30.7 Å². The van der Waals surface area contributed by atoms with Gasteiger partial charge in [0, 0.05) is 18.1 Å². The Bertz CT molecular complexity index is 1030. The summed E-state index contributed by atoms with van der Waals surface area (Å²) in [5, 5.41) is 5.38. The summed E-state index contributed by atoms with van der Waals surface area (Å²) >= 11 is 6.02. The number of aryl methyl sites for hydroxylation is 1. The van der Waals surface area contributed by atoms with Crippen LogP contribution in [0.4, 0.5) is 0 Å². The summed E-state index contributed by atoms with van der Waals surface area (Å²) in [4.78, 5) is 24.3. The monoisotopic (exact) mass is 451 g/mol. The molecule has 1 heterocycles. The summed E-state index contributed by atoms with van der Waals surface area (Å²) in [5.74, 6) is -1.73. The summed E-state index contributed by atoms with van der Waals surface area (Å²) < 4.78 is 32.4. The lowest BCUT2D eigenvalue weighted by Gasteiger charge is -2.22. The molecule has 0 spiro atoms. The number of benzene rings is 2. The van der Waals surface area contributed by atoms with Gasteiger partial charge in [-0.15, -0.1) is 0 Å². The number of rotatable bonds is 6.